The lowest BCUT2D eigenvalue weighted by Gasteiger charge is -2.16. The summed E-state index contributed by atoms with van der Waals surface area (Å²) in [6, 6.07) is 8.47. The van der Waals surface area contributed by atoms with Gasteiger partial charge in [-0.2, -0.15) is 4.98 Å². The van der Waals surface area contributed by atoms with E-state index < -0.39 is 11.1 Å². The van der Waals surface area contributed by atoms with Crippen molar-refractivity contribution in [3.63, 3.8) is 0 Å². The molecule has 1 aromatic carbocycles. The van der Waals surface area contributed by atoms with E-state index in [-0.39, 0.29) is 11.6 Å². The Morgan fingerprint density at radius 3 is 2.70 bits per heavy atom. The zero-order valence-electron chi connectivity index (χ0n) is 14.9. The van der Waals surface area contributed by atoms with E-state index in [4.69, 9.17) is 0 Å². The third-order valence-corrected chi connectivity index (χ3v) is 5.66. The van der Waals surface area contributed by atoms with Gasteiger partial charge < -0.3 is 9.87 Å². The summed E-state index contributed by atoms with van der Waals surface area (Å²) in [5.74, 6) is 0.390. The van der Waals surface area contributed by atoms with Gasteiger partial charge in [0.2, 0.25) is 5.95 Å². The minimum absolute atomic E-state index is 0.0370. The molecule has 2 heterocycles. The van der Waals surface area contributed by atoms with Crippen LogP contribution in [-0.2, 0) is 11.1 Å². The van der Waals surface area contributed by atoms with Crippen molar-refractivity contribution in [3.8, 4) is 0 Å². The summed E-state index contributed by atoms with van der Waals surface area (Å²) in [6.07, 6.45) is 5.94. The van der Waals surface area contributed by atoms with Gasteiger partial charge in [-0.05, 0) is 49.6 Å². The zero-order valence-corrected chi connectivity index (χ0v) is 15.7. The lowest BCUT2D eigenvalue weighted by atomic mass is 10.2. The van der Waals surface area contributed by atoms with E-state index >= 15 is 0 Å². The van der Waals surface area contributed by atoms with Gasteiger partial charge in [0.15, 0.2) is 11.1 Å². The Morgan fingerprint density at radius 1 is 1.22 bits per heavy atom. The van der Waals surface area contributed by atoms with E-state index in [2.05, 4.69) is 15.3 Å². The van der Waals surface area contributed by atoms with Crippen molar-refractivity contribution in [2.45, 2.75) is 43.5 Å². The largest absolute Gasteiger partial charge is 0.324 e. The average molecular weight is 384 g/mol. The van der Waals surface area contributed by atoms with Crippen LogP contribution >= 0.6 is 0 Å². The molecule has 0 radical (unpaired) electrons. The molecule has 7 nitrogen and oxygen atoms in total. The van der Waals surface area contributed by atoms with Gasteiger partial charge in [-0.15, -0.1) is 0 Å². The number of aromatic nitrogens is 3. The first-order valence-electron chi connectivity index (χ1n) is 8.90. The number of fused-ring (bicyclic) bond motifs is 1. The van der Waals surface area contributed by atoms with Gasteiger partial charge in [0.05, 0.1) is 4.90 Å². The molecule has 8 heteroatoms. The summed E-state index contributed by atoms with van der Waals surface area (Å²) in [5.41, 5.74) is 2.15. The van der Waals surface area contributed by atoms with Crippen LogP contribution in [-0.4, -0.2) is 23.3 Å². The highest BCUT2D eigenvalue weighted by molar-refractivity contribution is 7.79. The van der Waals surface area contributed by atoms with Gasteiger partial charge in [-0.1, -0.05) is 12.8 Å². The molecule has 0 amide bonds. The molecule has 0 aliphatic heterocycles. The first-order chi connectivity index (χ1) is 13.0. The molecule has 27 heavy (non-hydrogen) atoms. The highest BCUT2D eigenvalue weighted by Crippen LogP contribution is 2.30. The van der Waals surface area contributed by atoms with Gasteiger partial charge in [0.1, 0.15) is 5.65 Å². The second kappa shape index (κ2) is 7.21. The quantitative estimate of drug-likeness (QED) is 0.668. The summed E-state index contributed by atoms with van der Waals surface area (Å²) < 4.78 is 22.2. The third-order valence-electron chi connectivity index (χ3n) is 5.00. The van der Waals surface area contributed by atoms with E-state index in [9.17, 15) is 13.6 Å². The van der Waals surface area contributed by atoms with E-state index in [1.807, 2.05) is 6.92 Å². The normalized spacial score (nSPS) is 15.9. The Labute approximate surface area is 158 Å². The van der Waals surface area contributed by atoms with Crippen molar-refractivity contribution in [2.75, 3.05) is 5.32 Å². The number of nitrogens with zero attached hydrogens (tertiary/aromatic N) is 3. The molecule has 0 spiro atoms. The SMILES string of the molecule is Cc1cc(S(=O)O)ccc1Nc1ncc2ccc(=O)n(C3CCCC3)c2n1. The minimum atomic E-state index is -2.02. The number of benzene rings is 1. The highest BCUT2D eigenvalue weighted by atomic mass is 32.2. The van der Waals surface area contributed by atoms with Crippen LogP contribution in [0.1, 0.15) is 37.3 Å². The van der Waals surface area contributed by atoms with Gasteiger partial charge in [0.25, 0.3) is 5.56 Å². The first kappa shape index (κ1) is 17.8. The molecule has 0 bridgehead atoms. The average Bonchev–Trinajstić information content (AvgIpc) is 3.17. The third kappa shape index (κ3) is 3.50. The van der Waals surface area contributed by atoms with Crippen molar-refractivity contribution in [1.82, 2.24) is 14.5 Å². The Kier molecular flexibility index (Phi) is 4.75. The number of aryl methyl sites for hydroxylation is 1. The van der Waals surface area contributed by atoms with E-state index in [0.717, 1.165) is 42.3 Å². The summed E-state index contributed by atoms with van der Waals surface area (Å²) in [5, 5.41) is 3.98. The molecular formula is C19H20N4O3S. The number of hydrogen-bond acceptors (Lipinski definition) is 5. The van der Waals surface area contributed by atoms with E-state index in [1.165, 1.54) is 0 Å². The zero-order chi connectivity index (χ0) is 19.0. The predicted octanol–water partition coefficient (Wildman–Crippen LogP) is 3.54. The van der Waals surface area contributed by atoms with Crippen LogP contribution in [0.4, 0.5) is 11.6 Å². The maximum atomic E-state index is 12.5. The van der Waals surface area contributed by atoms with Crippen molar-refractivity contribution in [2.24, 2.45) is 0 Å². The fraction of sp³-hybridized carbons (Fsp3) is 0.316. The summed E-state index contributed by atoms with van der Waals surface area (Å²) in [4.78, 5) is 21.8. The maximum absolute atomic E-state index is 12.5. The maximum Gasteiger partial charge on any atom is 0.252 e. The lowest BCUT2D eigenvalue weighted by molar-refractivity contribution is 0.516. The molecule has 4 rings (SSSR count). The molecule has 3 aromatic rings. The fourth-order valence-corrected chi connectivity index (χ4v) is 4.08. The van der Waals surface area contributed by atoms with E-state index in [0.29, 0.717) is 16.5 Å². The Morgan fingerprint density at radius 2 is 2.00 bits per heavy atom. The van der Waals surface area contributed by atoms with Gasteiger partial charge >= 0.3 is 0 Å². The second-order valence-electron chi connectivity index (χ2n) is 6.80. The molecule has 2 N–H and O–H groups in total. The molecule has 140 valence electrons. The van der Waals surface area contributed by atoms with Crippen LogP contribution in [0.2, 0.25) is 0 Å². The van der Waals surface area contributed by atoms with Crippen LogP contribution in [0.25, 0.3) is 11.0 Å². The second-order valence-corrected chi connectivity index (χ2v) is 7.77. The minimum Gasteiger partial charge on any atom is -0.324 e. The predicted molar refractivity (Wildman–Crippen MR) is 105 cm³/mol. The molecule has 1 saturated carbocycles. The standard InChI is InChI=1S/C19H20N4O3S/c1-12-10-15(27(25)26)7-8-16(12)21-19-20-11-13-6-9-17(24)23(18(13)22-19)14-4-2-3-5-14/h6-11,14H,2-5H2,1H3,(H,25,26)(H,20,21,22). The molecule has 1 unspecified atom stereocenters. The van der Waals surface area contributed by atoms with Crippen LogP contribution in [0, 0.1) is 6.92 Å². The number of pyridine rings is 1. The summed E-state index contributed by atoms with van der Waals surface area (Å²) in [7, 11) is 0. The molecule has 1 atom stereocenters. The Balaban J connectivity index is 1.74. The van der Waals surface area contributed by atoms with Gasteiger partial charge in [-0.3, -0.25) is 9.36 Å². The highest BCUT2D eigenvalue weighted by Gasteiger charge is 2.20. The van der Waals surface area contributed by atoms with Crippen molar-refractivity contribution < 1.29 is 8.76 Å². The molecule has 1 aliphatic rings. The van der Waals surface area contributed by atoms with Crippen LogP contribution in [0.5, 0.6) is 0 Å². The monoisotopic (exact) mass is 384 g/mol. The topological polar surface area (TPSA) is 97.1 Å². The molecule has 2 aromatic heterocycles. The number of nitrogens with one attached hydrogen (secondary N) is 1. The van der Waals surface area contributed by atoms with Gasteiger partial charge in [0, 0.05) is 29.4 Å². The Hall–Kier alpha value is -2.58. The molecule has 1 fully saturated rings. The number of rotatable bonds is 4. The van der Waals surface area contributed by atoms with Crippen molar-refractivity contribution >= 4 is 33.7 Å². The lowest BCUT2D eigenvalue weighted by Crippen LogP contribution is -2.23. The van der Waals surface area contributed by atoms with Crippen LogP contribution in [0.3, 0.4) is 0 Å². The molecular weight excluding hydrogens is 364 g/mol. The van der Waals surface area contributed by atoms with Crippen LogP contribution < -0.4 is 10.9 Å². The number of hydrogen-bond donors (Lipinski definition) is 2. The summed E-state index contributed by atoms with van der Waals surface area (Å²) >= 11 is -2.02. The first-order valence-corrected chi connectivity index (χ1v) is 10.0. The smallest absolute Gasteiger partial charge is 0.252 e. The Bertz CT molecular complexity index is 1090. The summed E-state index contributed by atoms with van der Waals surface area (Å²) in [6.45, 7) is 1.84. The van der Waals surface area contributed by atoms with Crippen molar-refractivity contribution in [3.05, 3.63) is 52.4 Å². The van der Waals surface area contributed by atoms with Crippen LogP contribution in [0.15, 0.2) is 46.2 Å². The molecule has 0 saturated heterocycles. The number of anilines is 2. The fourth-order valence-electron chi connectivity index (χ4n) is 3.62. The molecule has 1 aliphatic carbocycles. The van der Waals surface area contributed by atoms with Crippen molar-refractivity contribution in [1.29, 1.82) is 0 Å². The van der Waals surface area contributed by atoms with Gasteiger partial charge in [-0.25, -0.2) is 9.19 Å². The van der Waals surface area contributed by atoms with E-state index in [1.54, 1.807) is 41.1 Å².